The molecule has 0 bridgehead atoms. The summed E-state index contributed by atoms with van der Waals surface area (Å²) in [4.78, 5) is 0. The Morgan fingerprint density at radius 1 is 1.17 bits per heavy atom. The summed E-state index contributed by atoms with van der Waals surface area (Å²) < 4.78 is 5.43. The van der Waals surface area contributed by atoms with E-state index in [1.54, 1.807) is 0 Å². The van der Waals surface area contributed by atoms with Gasteiger partial charge in [-0.15, -0.1) is 0 Å². The van der Waals surface area contributed by atoms with Crippen LogP contribution in [0.5, 0.6) is 0 Å². The summed E-state index contributed by atoms with van der Waals surface area (Å²) in [6, 6.07) is 0. The van der Waals surface area contributed by atoms with E-state index < -0.39 is 12.2 Å². The summed E-state index contributed by atoms with van der Waals surface area (Å²) >= 11 is 0. The highest BCUT2D eigenvalue weighted by molar-refractivity contribution is 4.85. The van der Waals surface area contributed by atoms with E-state index in [2.05, 4.69) is 6.92 Å². The molecule has 1 heterocycles. The van der Waals surface area contributed by atoms with Crippen LogP contribution in [0.4, 0.5) is 0 Å². The van der Waals surface area contributed by atoms with Crippen LogP contribution in [0.3, 0.4) is 0 Å². The largest absolute Gasteiger partial charge is 0.394 e. The average molecular weight is 174 g/mol. The Labute approximate surface area is 73.4 Å². The highest BCUT2D eigenvalue weighted by Gasteiger charge is 2.37. The van der Waals surface area contributed by atoms with Gasteiger partial charge in [-0.25, -0.2) is 0 Å². The molecule has 0 spiro atoms. The fourth-order valence-corrected chi connectivity index (χ4v) is 1.71. The molecule has 72 valence electrons. The van der Waals surface area contributed by atoms with E-state index in [1.807, 2.05) is 13.8 Å². The lowest BCUT2D eigenvalue weighted by Crippen LogP contribution is -2.49. The first-order valence-electron chi connectivity index (χ1n) is 4.52. The van der Waals surface area contributed by atoms with Gasteiger partial charge in [-0.3, -0.25) is 0 Å². The highest BCUT2D eigenvalue weighted by atomic mass is 16.5. The molecule has 1 saturated heterocycles. The zero-order chi connectivity index (χ0) is 9.30. The molecule has 0 amide bonds. The summed E-state index contributed by atoms with van der Waals surface area (Å²) in [5.74, 6) is 0.550. The zero-order valence-electron chi connectivity index (χ0n) is 7.90. The lowest BCUT2D eigenvalue weighted by molar-refractivity contribution is -0.174. The lowest BCUT2D eigenvalue weighted by Gasteiger charge is -2.40. The van der Waals surface area contributed by atoms with Crippen molar-refractivity contribution < 1.29 is 14.9 Å². The number of ether oxygens (including phenoxy) is 1. The van der Waals surface area contributed by atoms with Gasteiger partial charge in [0.15, 0.2) is 0 Å². The van der Waals surface area contributed by atoms with Crippen molar-refractivity contribution >= 4 is 0 Å². The van der Waals surface area contributed by atoms with Gasteiger partial charge in [0, 0.05) is 0 Å². The summed E-state index contributed by atoms with van der Waals surface area (Å²) in [7, 11) is 0. The van der Waals surface area contributed by atoms with Gasteiger partial charge >= 0.3 is 0 Å². The van der Waals surface area contributed by atoms with Crippen LogP contribution in [0.15, 0.2) is 0 Å². The second-order valence-electron chi connectivity index (χ2n) is 3.77. The number of aliphatic hydroxyl groups excluding tert-OH is 2. The van der Waals surface area contributed by atoms with Crippen molar-refractivity contribution in [1.29, 1.82) is 0 Å². The van der Waals surface area contributed by atoms with Crippen LogP contribution in [0.2, 0.25) is 0 Å². The third-order valence-electron chi connectivity index (χ3n) is 3.06. The van der Waals surface area contributed by atoms with Gasteiger partial charge in [0.05, 0.1) is 18.8 Å². The summed E-state index contributed by atoms with van der Waals surface area (Å²) in [6.07, 6.45) is -0.798. The highest BCUT2D eigenvalue weighted by Crippen LogP contribution is 2.29. The van der Waals surface area contributed by atoms with Crippen LogP contribution in [-0.4, -0.2) is 35.1 Å². The smallest absolute Gasteiger partial charge is 0.107 e. The third-order valence-corrected chi connectivity index (χ3v) is 3.06. The standard InChI is InChI=1S/C9H18O3/c1-5-6(2)9(11)8(4-10)12-7(5)3/h5-11H,4H2,1-3H3/t5-,6-,7-,8+,9-/m1/s1. The van der Waals surface area contributed by atoms with Crippen molar-refractivity contribution in [1.82, 2.24) is 0 Å². The third kappa shape index (κ3) is 1.63. The molecule has 3 heteroatoms. The zero-order valence-corrected chi connectivity index (χ0v) is 7.90. The SMILES string of the molecule is C[C@@H]1[C@@H](C)[C@@H](C)O[C@@H](CO)[C@@H]1O. The molecule has 2 N–H and O–H groups in total. The van der Waals surface area contributed by atoms with E-state index in [-0.39, 0.29) is 18.6 Å². The Kier molecular flexibility index (Phi) is 3.09. The second kappa shape index (κ2) is 3.73. The number of hydrogen-bond donors (Lipinski definition) is 2. The topological polar surface area (TPSA) is 49.7 Å². The van der Waals surface area contributed by atoms with E-state index in [4.69, 9.17) is 9.84 Å². The molecule has 0 radical (unpaired) electrons. The van der Waals surface area contributed by atoms with Gasteiger partial charge in [-0.2, -0.15) is 0 Å². The van der Waals surface area contributed by atoms with Crippen LogP contribution in [0.25, 0.3) is 0 Å². The first kappa shape index (κ1) is 9.96. The molecule has 0 saturated carbocycles. The van der Waals surface area contributed by atoms with Gasteiger partial charge in [0.1, 0.15) is 6.10 Å². The Balaban J connectivity index is 2.63. The minimum absolute atomic E-state index is 0.0947. The predicted octanol–water partition coefficient (Wildman–Crippen LogP) is 0.399. The summed E-state index contributed by atoms with van der Waals surface area (Å²) in [6.45, 7) is 5.95. The van der Waals surface area contributed by atoms with Crippen molar-refractivity contribution in [3.63, 3.8) is 0 Å². The molecule has 12 heavy (non-hydrogen) atoms. The molecule has 0 aromatic rings. The van der Waals surface area contributed by atoms with E-state index in [1.165, 1.54) is 0 Å². The quantitative estimate of drug-likeness (QED) is 0.605. The van der Waals surface area contributed by atoms with Crippen LogP contribution in [0, 0.1) is 11.8 Å². The molecular formula is C9H18O3. The molecule has 0 unspecified atom stereocenters. The summed E-state index contributed by atoms with van der Waals surface area (Å²) in [5, 5.41) is 18.5. The normalized spacial score (nSPS) is 49.2. The van der Waals surface area contributed by atoms with Crippen molar-refractivity contribution in [3.8, 4) is 0 Å². The molecular weight excluding hydrogens is 156 g/mol. The molecule has 0 aliphatic carbocycles. The van der Waals surface area contributed by atoms with Crippen molar-refractivity contribution in [2.24, 2.45) is 11.8 Å². The first-order valence-corrected chi connectivity index (χ1v) is 4.52. The first-order chi connectivity index (χ1) is 5.57. The Morgan fingerprint density at radius 3 is 2.25 bits per heavy atom. The van der Waals surface area contributed by atoms with Crippen LogP contribution >= 0.6 is 0 Å². The fourth-order valence-electron chi connectivity index (χ4n) is 1.71. The average Bonchev–Trinajstić information content (AvgIpc) is 2.08. The monoisotopic (exact) mass is 174 g/mol. The maximum Gasteiger partial charge on any atom is 0.107 e. The molecule has 3 nitrogen and oxygen atoms in total. The van der Waals surface area contributed by atoms with E-state index in [0.29, 0.717) is 5.92 Å². The van der Waals surface area contributed by atoms with Gasteiger partial charge < -0.3 is 14.9 Å². The maximum absolute atomic E-state index is 9.64. The van der Waals surface area contributed by atoms with E-state index in [0.717, 1.165) is 0 Å². The van der Waals surface area contributed by atoms with Gasteiger partial charge in [0.2, 0.25) is 0 Å². The van der Waals surface area contributed by atoms with Crippen molar-refractivity contribution in [2.45, 2.75) is 39.1 Å². The number of hydrogen-bond acceptors (Lipinski definition) is 3. The van der Waals surface area contributed by atoms with Gasteiger partial charge in [-0.05, 0) is 18.8 Å². The maximum atomic E-state index is 9.64. The molecule has 1 rings (SSSR count). The number of rotatable bonds is 1. The Morgan fingerprint density at radius 2 is 1.75 bits per heavy atom. The Hall–Kier alpha value is -0.120. The molecule has 1 aliphatic rings. The van der Waals surface area contributed by atoms with Crippen LogP contribution < -0.4 is 0 Å². The van der Waals surface area contributed by atoms with Gasteiger partial charge in [0.25, 0.3) is 0 Å². The molecule has 5 atom stereocenters. The molecule has 1 fully saturated rings. The predicted molar refractivity (Wildman–Crippen MR) is 45.8 cm³/mol. The fraction of sp³-hybridized carbons (Fsp3) is 1.00. The molecule has 0 aromatic heterocycles. The minimum Gasteiger partial charge on any atom is -0.394 e. The molecule has 0 aromatic carbocycles. The van der Waals surface area contributed by atoms with Crippen LogP contribution in [0.1, 0.15) is 20.8 Å². The van der Waals surface area contributed by atoms with Crippen LogP contribution in [-0.2, 0) is 4.74 Å². The Bertz CT molecular complexity index is 144. The van der Waals surface area contributed by atoms with E-state index in [9.17, 15) is 5.11 Å². The van der Waals surface area contributed by atoms with Gasteiger partial charge in [-0.1, -0.05) is 13.8 Å². The lowest BCUT2D eigenvalue weighted by atomic mass is 9.82. The summed E-state index contributed by atoms with van der Waals surface area (Å²) in [5.41, 5.74) is 0. The van der Waals surface area contributed by atoms with Crippen molar-refractivity contribution in [2.75, 3.05) is 6.61 Å². The second-order valence-corrected chi connectivity index (χ2v) is 3.77. The van der Waals surface area contributed by atoms with E-state index >= 15 is 0 Å². The van der Waals surface area contributed by atoms with Crippen molar-refractivity contribution in [3.05, 3.63) is 0 Å². The molecule has 1 aliphatic heterocycles. The number of aliphatic hydroxyl groups is 2. The minimum atomic E-state index is -0.527.